The van der Waals surface area contributed by atoms with E-state index in [0.717, 1.165) is 63.4 Å². The molecule has 0 aliphatic carbocycles. The van der Waals surface area contributed by atoms with Crippen LogP contribution in [0.5, 0.6) is 11.5 Å². The normalized spacial score (nSPS) is 21.2. The molecule has 2 unspecified atom stereocenters. The lowest BCUT2D eigenvalue weighted by Crippen LogP contribution is -2.20. The van der Waals surface area contributed by atoms with E-state index in [0.29, 0.717) is 12.2 Å². The molecule has 4 nitrogen and oxygen atoms in total. The Morgan fingerprint density at radius 3 is 1.33 bits per heavy atom. The molecule has 2 N–H and O–H groups in total. The van der Waals surface area contributed by atoms with Crippen LogP contribution in [0.2, 0.25) is 0 Å². The first-order chi connectivity index (χ1) is 14.5. The number of hydrogen-bond donors (Lipinski definition) is 2. The fourth-order valence-electron chi connectivity index (χ4n) is 4.82. The highest BCUT2D eigenvalue weighted by Gasteiger charge is 2.19. The van der Waals surface area contributed by atoms with E-state index in [1.54, 1.807) is 0 Å². The number of rotatable bonds is 7. The Morgan fingerprint density at radius 2 is 1.03 bits per heavy atom. The summed E-state index contributed by atoms with van der Waals surface area (Å²) in [4.78, 5) is 0. The molecule has 2 aliphatic heterocycles. The van der Waals surface area contributed by atoms with Gasteiger partial charge in [-0.1, -0.05) is 24.3 Å². The van der Waals surface area contributed by atoms with Crippen molar-refractivity contribution in [3.8, 4) is 11.5 Å². The van der Waals surface area contributed by atoms with Gasteiger partial charge >= 0.3 is 0 Å². The van der Waals surface area contributed by atoms with Gasteiger partial charge < -0.3 is 20.1 Å². The summed E-state index contributed by atoms with van der Waals surface area (Å²) in [6.45, 7) is 12.7. The summed E-state index contributed by atoms with van der Waals surface area (Å²) < 4.78 is 12.5. The van der Waals surface area contributed by atoms with Gasteiger partial charge in [-0.05, 0) is 99.8 Å². The van der Waals surface area contributed by atoms with Gasteiger partial charge in [0.05, 0.1) is 0 Å². The van der Waals surface area contributed by atoms with E-state index in [9.17, 15) is 0 Å². The second-order valence-corrected chi connectivity index (χ2v) is 9.08. The van der Waals surface area contributed by atoms with Crippen LogP contribution in [0.1, 0.15) is 46.2 Å². The highest BCUT2D eigenvalue weighted by atomic mass is 16.5. The third kappa shape index (κ3) is 4.98. The van der Waals surface area contributed by atoms with Crippen molar-refractivity contribution in [2.45, 2.75) is 65.6 Å². The van der Waals surface area contributed by atoms with Gasteiger partial charge in [0.15, 0.2) is 0 Å². The number of nitrogens with one attached hydrogen (secondary N) is 2. The van der Waals surface area contributed by atoms with Crippen molar-refractivity contribution >= 4 is 0 Å². The minimum absolute atomic E-state index is 0.306. The van der Waals surface area contributed by atoms with Crippen LogP contribution >= 0.6 is 0 Å². The molecule has 0 spiro atoms. The summed E-state index contributed by atoms with van der Waals surface area (Å²) in [5.41, 5.74) is 7.76. The van der Waals surface area contributed by atoms with Gasteiger partial charge in [-0.15, -0.1) is 0 Å². The lowest BCUT2D eigenvalue weighted by Gasteiger charge is -2.19. The van der Waals surface area contributed by atoms with Gasteiger partial charge in [0, 0.05) is 13.1 Å². The molecule has 2 saturated heterocycles. The van der Waals surface area contributed by atoms with Gasteiger partial charge in [0.25, 0.3) is 0 Å². The molecule has 2 fully saturated rings. The van der Waals surface area contributed by atoms with Crippen LogP contribution in [0, 0.1) is 27.7 Å². The molecule has 2 aromatic carbocycles. The molecule has 0 aromatic heterocycles. The SMILES string of the molecule is Cc1cc(CCc2cc(C)c(OC3CCNC3)c(C)c2)cc(C)c1OC1CCNC1. The van der Waals surface area contributed by atoms with E-state index in [1.165, 1.54) is 33.4 Å². The number of aryl methyl sites for hydroxylation is 6. The van der Waals surface area contributed by atoms with Crippen LogP contribution in [-0.4, -0.2) is 38.4 Å². The van der Waals surface area contributed by atoms with Gasteiger partial charge in [0.2, 0.25) is 0 Å². The molecule has 0 radical (unpaired) electrons. The lowest BCUT2D eigenvalue weighted by atomic mass is 9.97. The van der Waals surface area contributed by atoms with Crippen molar-refractivity contribution in [3.63, 3.8) is 0 Å². The minimum atomic E-state index is 0.306. The smallest absolute Gasteiger partial charge is 0.125 e. The molecule has 2 heterocycles. The molecule has 4 heteroatoms. The monoisotopic (exact) mass is 408 g/mol. The number of benzene rings is 2. The van der Waals surface area contributed by atoms with Gasteiger partial charge in [0.1, 0.15) is 23.7 Å². The zero-order valence-electron chi connectivity index (χ0n) is 18.9. The van der Waals surface area contributed by atoms with Crippen LogP contribution in [0.4, 0.5) is 0 Å². The van der Waals surface area contributed by atoms with Crippen molar-refractivity contribution in [3.05, 3.63) is 57.6 Å². The van der Waals surface area contributed by atoms with Crippen LogP contribution in [0.25, 0.3) is 0 Å². The third-order valence-corrected chi connectivity index (χ3v) is 6.34. The van der Waals surface area contributed by atoms with Gasteiger partial charge in [-0.2, -0.15) is 0 Å². The standard InChI is InChI=1S/C26H36N2O2/c1-17-11-21(12-18(2)25(17)29-23-7-9-27-15-23)5-6-22-13-19(3)26(20(4)14-22)30-24-8-10-28-16-24/h11-14,23-24,27-28H,5-10,15-16H2,1-4H3. The first-order valence-electron chi connectivity index (χ1n) is 11.4. The van der Waals surface area contributed by atoms with E-state index in [-0.39, 0.29) is 0 Å². The topological polar surface area (TPSA) is 42.5 Å². The fourth-order valence-corrected chi connectivity index (χ4v) is 4.82. The summed E-state index contributed by atoms with van der Waals surface area (Å²) in [7, 11) is 0. The predicted octanol–water partition coefficient (Wildman–Crippen LogP) is 4.19. The van der Waals surface area contributed by atoms with Crippen LogP contribution in [0.3, 0.4) is 0 Å². The largest absolute Gasteiger partial charge is 0.489 e. The lowest BCUT2D eigenvalue weighted by molar-refractivity contribution is 0.220. The van der Waals surface area contributed by atoms with E-state index in [1.807, 2.05) is 0 Å². The number of ether oxygens (including phenoxy) is 2. The Morgan fingerprint density at radius 1 is 0.667 bits per heavy atom. The summed E-state index contributed by atoms with van der Waals surface area (Å²) in [6, 6.07) is 9.20. The van der Waals surface area contributed by atoms with E-state index < -0.39 is 0 Å². The number of hydrogen-bond acceptors (Lipinski definition) is 4. The van der Waals surface area contributed by atoms with E-state index in [2.05, 4.69) is 62.6 Å². The molecular weight excluding hydrogens is 372 g/mol. The average molecular weight is 409 g/mol. The molecular formula is C26H36N2O2. The van der Waals surface area contributed by atoms with Crippen molar-refractivity contribution < 1.29 is 9.47 Å². The first kappa shape index (κ1) is 21.2. The molecule has 0 saturated carbocycles. The fraction of sp³-hybridized carbons (Fsp3) is 0.538. The maximum atomic E-state index is 6.27. The van der Waals surface area contributed by atoms with Crippen LogP contribution in [0.15, 0.2) is 24.3 Å². The van der Waals surface area contributed by atoms with Gasteiger partial charge in [-0.25, -0.2) is 0 Å². The van der Waals surface area contributed by atoms with Crippen LogP contribution < -0.4 is 20.1 Å². The summed E-state index contributed by atoms with van der Waals surface area (Å²) in [5, 5.41) is 6.75. The maximum absolute atomic E-state index is 6.27. The van der Waals surface area contributed by atoms with Crippen LogP contribution in [-0.2, 0) is 12.8 Å². The summed E-state index contributed by atoms with van der Waals surface area (Å²) >= 11 is 0. The second-order valence-electron chi connectivity index (χ2n) is 9.08. The van der Waals surface area contributed by atoms with Crippen molar-refractivity contribution in [1.82, 2.24) is 10.6 Å². The quantitative estimate of drug-likeness (QED) is 0.721. The first-order valence-corrected chi connectivity index (χ1v) is 11.4. The van der Waals surface area contributed by atoms with Crippen molar-refractivity contribution in [2.24, 2.45) is 0 Å². The molecule has 4 rings (SSSR count). The predicted molar refractivity (Wildman–Crippen MR) is 123 cm³/mol. The Labute approximate surface area is 181 Å². The van der Waals surface area contributed by atoms with Gasteiger partial charge in [-0.3, -0.25) is 0 Å². The zero-order valence-corrected chi connectivity index (χ0v) is 18.9. The van der Waals surface area contributed by atoms with Crippen molar-refractivity contribution in [2.75, 3.05) is 26.2 Å². The molecule has 2 aliphatic rings. The summed E-state index contributed by atoms with van der Waals surface area (Å²) in [5.74, 6) is 2.14. The maximum Gasteiger partial charge on any atom is 0.125 e. The highest BCUT2D eigenvalue weighted by Crippen LogP contribution is 2.29. The second kappa shape index (κ2) is 9.40. The van der Waals surface area contributed by atoms with E-state index in [4.69, 9.17) is 9.47 Å². The third-order valence-electron chi connectivity index (χ3n) is 6.34. The van der Waals surface area contributed by atoms with E-state index >= 15 is 0 Å². The minimum Gasteiger partial charge on any atom is -0.489 e. The average Bonchev–Trinajstić information content (AvgIpc) is 3.40. The highest BCUT2D eigenvalue weighted by molar-refractivity contribution is 5.45. The Kier molecular flexibility index (Phi) is 6.64. The molecule has 2 aromatic rings. The Balaban J connectivity index is 1.41. The molecule has 0 bridgehead atoms. The molecule has 0 amide bonds. The molecule has 2 atom stereocenters. The Bertz CT molecular complexity index is 761. The van der Waals surface area contributed by atoms with Crippen molar-refractivity contribution in [1.29, 1.82) is 0 Å². The summed E-state index contributed by atoms with van der Waals surface area (Å²) in [6.07, 6.45) is 4.88. The molecule has 30 heavy (non-hydrogen) atoms. The zero-order chi connectivity index (χ0) is 21.1. The molecule has 162 valence electrons. The Hall–Kier alpha value is -2.04.